The van der Waals surface area contributed by atoms with Crippen LogP contribution in [0.2, 0.25) is 0 Å². The molecule has 0 aliphatic rings. The summed E-state index contributed by atoms with van der Waals surface area (Å²) >= 11 is 0. The molecule has 4 rings (SSSR count). The average Bonchev–Trinajstić information content (AvgIpc) is 3.27. The molecule has 0 unspecified atom stereocenters. The Hall–Kier alpha value is -4.06. The Kier molecular flexibility index (Phi) is 9.20. The summed E-state index contributed by atoms with van der Waals surface area (Å²) in [6.45, 7) is 7.96. The fourth-order valence-corrected chi connectivity index (χ4v) is 4.68. The number of aromatic nitrogens is 2. The second-order valence-electron chi connectivity index (χ2n) is 9.46. The van der Waals surface area contributed by atoms with Gasteiger partial charge in [-0.3, -0.25) is 4.79 Å². The number of carbonyl (C=O) groups is 1. The normalized spacial score (nSPS) is 11.3. The molecule has 1 aromatic heterocycles. The van der Waals surface area contributed by atoms with Gasteiger partial charge in [-0.05, 0) is 75.1 Å². The zero-order valence-electron chi connectivity index (χ0n) is 22.8. The number of rotatable bonds is 12. The molecular formula is C32H37N3O3. The lowest BCUT2D eigenvalue weighted by atomic mass is 10.1. The van der Waals surface area contributed by atoms with Gasteiger partial charge in [-0.1, -0.05) is 48.0 Å². The second-order valence-corrected chi connectivity index (χ2v) is 9.46. The van der Waals surface area contributed by atoms with E-state index in [4.69, 9.17) is 14.5 Å². The third-order valence-corrected chi connectivity index (χ3v) is 6.55. The third-order valence-electron chi connectivity index (χ3n) is 6.55. The quantitative estimate of drug-likeness (QED) is 0.220. The zero-order valence-corrected chi connectivity index (χ0v) is 22.8. The summed E-state index contributed by atoms with van der Waals surface area (Å²) in [5.74, 6) is 2.48. The summed E-state index contributed by atoms with van der Waals surface area (Å²) in [4.78, 5) is 17.5. The highest BCUT2D eigenvalue weighted by molar-refractivity contribution is 5.95. The first-order valence-corrected chi connectivity index (χ1v) is 13.2. The summed E-state index contributed by atoms with van der Waals surface area (Å²) in [6.07, 6.45) is 6.46. The second kappa shape index (κ2) is 13.0. The maximum absolute atomic E-state index is 12.6. The van der Waals surface area contributed by atoms with Crippen LogP contribution in [0.15, 0.2) is 66.7 Å². The molecule has 6 nitrogen and oxygen atoms in total. The zero-order chi connectivity index (χ0) is 26.9. The highest BCUT2D eigenvalue weighted by Crippen LogP contribution is 2.29. The fourth-order valence-electron chi connectivity index (χ4n) is 4.68. The molecule has 0 aliphatic carbocycles. The molecule has 0 atom stereocenters. The number of nitrogens with zero attached hydrogens (tertiary/aromatic N) is 2. The van der Waals surface area contributed by atoms with Gasteiger partial charge in [0.25, 0.3) is 5.91 Å². The largest absolute Gasteiger partial charge is 0.493 e. The maximum Gasteiger partial charge on any atom is 0.251 e. The molecule has 1 heterocycles. The van der Waals surface area contributed by atoms with E-state index in [-0.39, 0.29) is 5.91 Å². The molecule has 0 aliphatic heterocycles. The van der Waals surface area contributed by atoms with Gasteiger partial charge in [0.1, 0.15) is 5.82 Å². The van der Waals surface area contributed by atoms with Crippen molar-refractivity contribution in [2.75, 3.05) is 20.3 Å². The molecule has 198 valence electrons. The SMILES string of the molecule is C/C=C/c1ccc(OCCCn2c(CCCNC(=O)c3ccc(C)cc3C)nc3ccccc32)c(OC)c1. The minimum Gasteiger partial charge on any atom is -0.493 e. The van der Waals surface area contributed by atoms with Crippen LogP contribution in [0.1, 0.15) is 52.6 Å². The van der Waals surface area contributed by atoms with E-state index < -0.39 is 0 Å². The van der Waals surface area contributed by atoms with Crippen LogP contribution in [0.3, 0.4) is 0 Å². The summed E-state index contributed by atoms with van der Waals surface area (Å²) in [5, 5.41) is 3.06. The molecule has 1 N–H and O–H groups in total. The van der Waals surface area contributed by atoms with E-state index in [1.54, 1.807) is 7.11 Å². The Labute approximate surface area is 225 Å². The summed E-state index contributed by atoms with van der Waals surface area (Å²) in [6, 6.07) is 20.1. The van der Waals surface area contributed by atoms with Crippen molar-refractivity contribution >= 4 is 23.0 Å². The number of ether oxygens (including phenoxy) is 2. The molecule has 0 fully saturated rings. The minimum atomic E-state index is -0.0256. The van der Waals surface area contributed by atoms with Gasteiger partial charge in [0.15, 0.2) is 11.5 Å². The van der Waals surface area contributed by atoms with E-state index in [2.05, 4.69) is 16.0 Å². The van der Waals surface area contributed by atoms with Crippen molar-refractivity contribution in [3.8, 4) is 11.5 Å². The van der Waals surface area contributed by atoms with Crippen molar-refractivity contribution < 1.29 is 14.3 Å². The molecule has 0 radical (unpaired) electrons. The number of methoxy groups -OCH3 is 1. The van der Waals surface area contributed by atoms with Gasteiger partial charge in [-0.15, -0.1) is 0 Å². The lowest BCUT2D eigenvalue weighted by Crippen LogP contribution is -2.25. The predicted octanol–water partition coefficient (Wildman–Crippen LogP) is 6.53. The van der Waals surface area contributed by atoms with Gasteiger partial charge in [-0.2, -0.15) is 0 Å². The molecule has 0 saturated carbocycles. The number of fused-ring (bicyclic) bond motifs is 1. The Bertz CT molecular complexity index is 1420. The van der Waals surface area contributed by atoms with E-state index >= 15 is 0 Å². The smallest absolute Gasteiger partial charge is 0.251 e. The van der Waals surface area contributed by atoms with Crippen LogP contribution in [-0.2, 0) is 13.0 Å². The van der Waals surface area contributed by atoms with Crippen LogP contribution in [0, 0.1) is 13.8 Å². The molecule has 6 heteroatoms. The number of amides is 1. The number of para-hydroxylation sites is 2. The molecule has 0 bridgehead atoms. The Balaban J connectivity index is 1.34. The number of carbonyl (C=O) groups excluding carboxylic acids is 1. The highest BCUT2D eigenvalue weighted by atomic mass is 16.5. The number of imidazole rings is 1. The van der Waals surface area contributed by atoms with Crippen LogP contribution in [-0.4, -0.2) is 35.7 Å². The van der Waals surface area contributed by atoms with E-state index in [1.165, 1.54) is 0 Å². The fraction of sp³-hybridized carbons (Fsp3) is 0.312. The van der Waals surface area contributed by atoms with Crippen molar-refractivity contribution in [2.45, 2.75) is 46.6 Å². The predicted molar refractivity (Wildman–Crippen MR) is 154 cm³/mol. The van der Waals surface area contributed by atoms with E-state index in [1.807, 2.05) is 87.5 Å². The first-order valence-electron chi connectivity index (χ1n) is 13.2. The number of aryl methyl sites for hydroxylation is 4. The lowest BCUT2D eigenvalue weighted by Gasteiger charge is -2.13. The van der Waals surface area contributed by atoms with Gasteiger partial charge >= 0.3 is 0 Å². The van der Waals surface area contributed by atoms with E-state index in [9.17, 15) is 4.79 Å². The van der Waals surface area contributed by atoms with Gasteiger partial charge in [0.2, 0.25) is 0 Å². The van der Waals surface area contributed by atoms with Crippen molar-refractivity contribution in [3.05, 3.63) is 94.8 Å². The molecule has 1 amide bonds. The molecule has 4 aromatic rings. The van der Waals surface area contributed by atoms with Gasteiger partial charge in [-0.25, -0.2) is 4.98 Å². The van der Waals surface area contributed by atoms with Gasteiger partial charge in [0, 0.05) is 25.1 Å². The Morgan fingerprint density at radius 3 is 2.66 bits per heavy atom. The van der Waals surface area contributed by atoms with Crippen LogP contribution < -0.4 is 14.8 Å². The van der Waals surface area contributed by atoms with Crippen LogP contribution in [0.5, 0.6) is 11.5 Å². The van der Waals surface area contributed by atoms with Crippen LogP contribution in [0.25, 0.3) is 17.1 Å². The first kappa shape index (κ1) is 27.0. The summed E-state index contributed by atoms with van der Waals surface area (Å²) in [7, 11) is 1.66. The Morgan fingerprint density at radius 1 is 1.03 bits per heavy atom. The van der Waals surface area contributed by atoms with Gasteiger partial charge in [0.05, 0.1) is 24.8 Å². The topological polar surface area (TPSA) is 65.4 Å². The van der Waals surface area contributed by atoms with Crippen molar-refractivity contribution in [3.63, 3.8) is 0 Å². The summed E-state index contributed by atoms with van der Waals surface area (Å²) < 4.78 is 13.9. The monoisotopic (exact) mass is 511 g/mol. The van der Waals surface area contributed by atoms with Crippen molar-refractivity contribution in [1.29, 1.82) is 0 Å². The van der Waals surface area contributed by atoms with Crippen LogP contribution in [0.4, 0.5) is 0 Å². The molecule has 38 heavy (non-hydrogen) atoms. The Morgan fingerprint density at radius 2 is 1.87 bits per heavy atom. The number of hydrogen-bond donors (Lipinski definition) is 1. The molecule has 3 aromatic carbocycles. The number of hydrogen-bond acceptors (Lipinski definition) is 4. The molecule has 0 spiro atoms. The first-order chi connectivity index (χ1) is 18.5. The minimum absolute atomic E-state index is 0.0256. The van der Waals surface area contributed by atoms with Crippen LogP contribution >= 0.6 is 0 Å². The number of benzene rings is 3. The molecule has 0 saturated heterocycles. The number of allylic oxidation sites excluding steroid dienone is 1. The summed E-state index contributed by atoms with van der Waals surface area (Å²) in [5.41, 5.74) is 6.08. The van der Waals surface area contributed by atoms with Crippen molar-refractivity contribution in [2.24, 2.45) is 0 Å². The maximum atomic E-state index is 12.6. The standard InChI is InChI=1S/C32H37N3O3/c1-5-10-25-15-17-29(30(22-25)37-4)38-20-9-19-35-28-12-7-6-11-27(28)34-31(35)13-8-18-33-32(36)26-16-14-23(2)21-24(26)3/h5-7,10-12,14-17,21-22H,8-9,13,18-20H2,1-4H3,(H,33,36)/b10-5+. The highest BCUT2D eigenvalue weighted by Gasteiger charge is 2.12. The van der Waals surface area contributed by atoms with Crippen molar-refractivity contribution in [1.82, 2.24) is 14.9 Å². The average molecular weight is 512 g/mol. The lowest BCUT2D eigenvalue weighted by molar-refractivity contribution is 0.0952. The molecular weight excluding hydrogens is 474 g/mol. The van der Waals surface area contributed by atoms with E-state index in [0.717, 1.165) is 76.4 Å². The van der Waals surface area contributed by atoms with E-state index in [0.29, 0.717) is 13.2 Å². The third kappa shape index (κ3) is 6.62. The number of nitrogens with one attached hydrogen (secondary N) is 1. The van der Waals surface area contributed by atoms with Gasteiger partial charge < -0.3 is 19.4 Å².